The van der Waals surface area contributed by atoms with Gasteiger partial charge in [-0.25, -0.2) is 0 Å². The number of hydrogen-bond donors (Lipinski definition) is 0. The molecule has 2 aromatic heterocycles. The van der Waals surface area contributed by atoms with E-state index in [0.29, 0.717) is 23.1 Å². The molecule has 3 rings (SSSR count). The Labute approximate surface area is 140 Å². The van der Waals surface area contributed by atoms with Gasteiger partial charge >= 0.3 is 0 Å². The van der Waals surface area contributed by atoms with Crippen LogP contribution in [-0.2, 0) is 6.42 Å². The Morgan fingerprint density at radius 2 is 2.00 bits per heavy atom. The van der Waals surface area contributed by atoms with Crippen LogP contribution in [0.1, 0.15) is 29.9 Å². The number of aromatic nitrogens is 1. The molecule has 3 nitrogen and oxygen atoms in total. The molecule has 1 aromatic carbocycles. The van der Waals surface area contributed by atoms with Crippen molar-refractivity contribution in [2.75, 3.05) is 6.61 Å². The lowest BCUT2D eigenvalue weighted by molar-refractivity contribution is 0.111. The molecule has 0 N–H and O–H groups in total. The minimum Gasteiger partial charge on any atom is -0.492 e. The molecule has 4 heteroatoms. The Bertz CT molecular complexity index is 867. The maximum absolute atomic E-state index is 11.7. The summed E-state index contributed by atoms with van der Waals surface area (Å²) in [5, 5.41) is 0.547. The lowest BCUT2D eigenvalue weighted by Gasteiger charge is -2.07. The number of aldehydes is 1. The van der Waals surface area contributed by atoms with Crippen LogP contribution in [0.2, 0.25) is 5.02 Å². The van der Waals surface area contributed by atoms with Crippen LogP contribution in [0, 0.1) is 0 Å². The molecule has 0 radical (unpaired) electrons. The van der Waals surface area contributed by atoms with Crippen molar-refractivity contribution < 1.29 is 9.53 Å². The molecule has 0 atom stereocenters. The maximum atomic E-state index is 11.7. The van der Waals surface area contributed by atoms with E-state index in [9.17, 15) is 4.79 Å². The molecule has 0 aliphatic heterocycles. The van der Waals surface area contributed by atoms with Crippen molar-refractivity contribution in [2.24, 2.45) is 0 Å². The van der Waals surface area contributed by atoms with E-state index in [1.54, 1.807) is 0 Å². The molecule has 23 heavy (non-hydrogen) atoms. The summed E-state index contributed by atoms with van der Waals surface area (Å²) in [5.74, 6) is 0.655. The first-order valence-corrected chi connectivity index (χ1v) is 8.07. The lowest BCUT2D eigenvalue weighted by atomic mass is 10.1. The van der Waals surface area contributed by atoms with Crippen LogP contribution in [0.5, 0.6) is 5.75 Å². The summed E-state index contributed by atoms with van der Waals surface area (Å²) in [6, 6.07) is 11.7. The highest BCUT2D eigenvalue weighted by Crippen LogP contribution is 2.33. The number of hydrogen-bond acceptors (Lipinski definition) is 2. The number of ether oxygens (including phenoxy) is 1. The first-order chi connectivity index (χ1) is 11.2. The Kier molecular flexibility index (Phi) is 4.39. The van der Waals surface area contributed by atoms with Gasteiger partial charge in [0.05, 0.1) is 17.3 Å². The predicted octanol–water partition coefficient (Wildman–Crippen LogP) is 5.03. The van der Waals surface area contributed by atoms with Gasteiger partial charge in [0.2, 0.25) is 0 Å². The van der Waals surface area contributed by atoms with Crippen molar-refractivity contribution in [2.45, 2.75) is 20.3 Å². The third-order valence-corrected chi connectivity index (χ3v) is 4.23. The summed E-state index contributed by atoms with van der Waals surface area (Å²) in [5.41, 5.74) is 4.59. The summed E-state index contributed by atoms with van der Waals surface area (Å²) in [6.45, 7) is 4.58. The first kappa shape index (κ1) is 15.6. The highest BCUT2D eigenvalue weighted by molar-refractivity contribution is 6.32. The molecule has 0 spiro atoms. The van der Waals surface area contributed by atoms with Gasteiger partial charge in [-0.3, -0.25) is 4.79 Å². The zero-order valence-electron chi connectivity index (χ0n) is 13.2. The maximum Gasteiger partial charge on any atom is 0.167 e. The normalized spacial score (nSPS) is 10.9. The number of carbonyl (C=O) groups is 1. The summed E-state index contributed by atoms with van der Waals surface area (Å²) in [6.07, 6.45) is 3.83. The van der Waals surface area contributed by atoms with Gasteiger partial charge in [0.1, 0.15) is 5.75 Å². The molecule has 0 fully saturated rings. The van der Waals surface area contributed by atoms with E-state index in [1.807, 2.05) is 47.9 Å². The third kappa shape index (κ3) is 2.84. The lowest BCUT2D eigenvalue weighted by Crippen LogP contribution is -1.95. The van der Waals surface area contributed by atoms with Crippen LogP contribution in [0.25, 0.3) is 16.6 Å². The van der Waals surface area contributed by atoms with Gasteiger partial charge in [0.15, 0.2) is 6.29 Å². The van der Waals surface area contributed by atoms with Gasteiger partial charge in [0, 0.05) is 17.3 Å². The molecule has 0 saturated heterocycles. The summed E-state index contributed by atoms with van der Waals surface area (Å²) < 4.78 is 7.40. The van der Waals surface area contributed by atoms with E-state index < -0.39 is 0 Å². The molecule has 0 amide bonds. The third-order valence-electron chi connectivity index (χ3n) is 3.93. The summed E-state index contributed by atoms with van der Waals surface area (Å²) in [4.78, 5) is 11.7. The van der Waals surface area contributed by atoms with E-state index in [1.165, 1.54) is 5.56 Å². The highest BCUT2D eigenvalue weighted by Gasteiger charge is 2.13. The van der Waals surface area contributed by atoms with Gasteiger partial charge in [0.25, 0.3) is 0 Å². The van der Waals surface area contributed by atoms with Crippen LogP contribution in [0.4, 0.5) is 0 Å². The Balaban J connectivity index is 2.16. The molecule has 0 saturated carbocycles. The zero-order valence-corrected chi connectivity index (χ0v) is 13.9. The molecule has 0 bridgehead atoms. The SMILES string of the molecule is CCOc1ccc(-c2cc3ccc(CC)cn3c2C=O)cc1Cl. The van der Waals surface area contributed by atoms with Crippen molar-refractivity contribution in [3.8, 4) is 16.9 Å². The second-order valence-electron chi connectivity index (χ2n) is 5.33. The van der Waals surface area contributed by atoms with Crippen LogP contribution < -0.4 is 4.74 Å². The largest absolute Gasteiger partial charge is 0.492 e. The van der Waals surface area contributed by atoms with Crippen molar-refractivity contribution in [1.29, 1.82) is 0 Å². The molecule has 0 aliphatic rings. The quantitative estimate of drug-likeness (QED) is 0.615. The summed E-state index contributed by atoms with van der Waals surface area (Å²) in [7, 11) is 0. The average Bonchev–Trinajstić information content (AvgIpc) is 2.94. The number of pyridine rings is 1. The Morgan fingerprint density at radius 3 is 2.65 bits per heavy atom. The standard InChI is InChI=1S/C19H18ClNO2/c1-3-13-5-7-15-10-16(18(12-22)21(15)11-13)14-6-8-19(23-4-2)17(20)9-14/h5-12H,3-4H2,1-2H3. The van der Waals surface area contributed by atoms with Gasteiger partial charge in [-0.05, 0) is 48.7 Å². The molecule has 0 aliphatic carbocycles. The first-order valence-electron chi connectivity index (χ1n) is 7.69. The van der Waals surface area contributed by atoms with Crippen molar-refractivity contribution in [1.82, 2.24) is 4.40 Å². The van der Waals surface area contributed by atoms with Crippen LogP contribution in [0.3, 0.4) is 0 Å². The van der Waals surface area contributed by atoms with Crippen LogP contribution >= 0.6 is 11.6 Å². The van der Waals surface area contributed by atoms with E-state index in [2.05, 4.69) is 13.0 Å². The smallest absolute Gasteiger partial charge is 0.167 e. The number of halogens is 1. The van der Waals surface area contributed by atoms with Gasteiger partial charge in [-0.2, -0.15) is 0 Å². The topological polar surface area (TPSA) is 30.7 Å². The number of benzene rings is 1. The molecule has 3 aromatic rings. The van der Waals surface area contributed by atoms with E-state index in [-0.39, 0.29) is 0 Å². The fourth-order valence-electron chi connectivity index (χ4n) is 2.74. The van der Waals surface area contributed by atoms with Gasteiger partial charge in [-0.15, -0.1) is 0 Å². The van der Waals surface area contributed by atoms with Crippen molar-refractivity contribution in [3.05, 3.63) is 58.9 Å². The molecule has 0 unspecified atom stereocenters. The van der Waals surface area contributed by atoms with Crippen LogP contribution in [0.15, 0.2) is 42.6 Å². The zero-order chi connectivity index (χ0) is 16.4. The fourth-order valence-corrected chi connectivity index (χ4v) is 2.97. The van der Waals surface area contributed by atoms with E-state index in [4.69, 9.17) is 16.3 Å². The predicted molar refractivity (Wildman–Crippen MR) is 93.8 cm³/mol. The fraction of sp³-hybridized carbons (Fsp3) is 0.211. The number of nitrogens with zero attached hydrogens (tertiary/aromatic N) is 1. The second kappa shape index (κ2) is 6.47. The Hall–Kier alpha value is -2.26. The molecule has 2 heterocycles. The van der Waals surface area contributed by atoms with Crippen molar-refractivity contribution >= 4 is 23.4 Å². The summed E-state index contributed by atoms with van der Waals surface area (Å²) >= 11 is 6.28. The van der Waals surface area contributed by atoms with Gasteiger partial charge < -0.3 is 9.14 Å². The highest BCUT2D eigenvalue weighted by atomic mass is 35.5. The van der Waals surface area contributed by atoms with Crippen molar-refractivity contribution in [3.63, 3.8) is 0 Å². The second-order valence-corrected chi connectivity index (χ2v) is 5.73. The molecular weight excluding hydrogens is 310 g/mol. The van der Waals surface area contributed by atoms with E-state index in [0.717, 1.165) is 29.4 Å². The molecular formula is C19H18ClNO2. The van der Waals surface area contributed by atoms with Crippen LogP contribution in [-0.4, -0.2) is 17.3 Å². The monoisotopic (exact) mass is 327 g/mol. The Morgan fingerprint density at radius 1 is 1.17 bits per heavy atom. The minimum absolute atomic E-state index is 0.547. The number of aryl methyl sites for hydroxylation is 1. The molecule has 118 valence electrons. The van der Waals surface area contributed by atoms with E-state index >= 15 is 0 Å². The number of fused-ring (bicyclic) bond motifs is 1. The minimum atomic E-state index is 0.547. The number of rotatable bonds is 5. The van der Waals surface area contributed by atoms with Gasteiger partial charge in [-0.1, -0.05) is 30.7 Å². The average molecular weight is 328 g/mol. The number of carbonyl (C=O) groups excluding carboxylic acids is 1.